The van der Waals surface area contributed by atoms with Crippen molar-refractivity contribution in [3.8, 4) is 0 Å². The molecule has 1 atom stereocenters. The van der Waals surface area contributed by atoms with Crippen LogP contribution in [0.5, 0.6) is 0 Å². The van der Waals surface area contributed by atoms with Crippen LogP contribution in [0.2, 0.25) is 0 Å². The monoisotopic (exact) mass is 217 g/mol. The van der Waals surface area contributed by atoms with E-state index < -0.39 is 23.6 Å². The maximum Gasteiger partial charge on any atom is 0.323 e. The highest BCUT2D eigenvalue weighted by Crippen LogP contribution is 2.09. The van der Waals surface area contributed by atoms with E-state index in [1.54, 1.807) is 27.7 Å². The minimum absolute atomic E-state index is 0.157. The number of carbonyl (C=O) groups is 2. The van der Waals surface area contributed by atoms with Crippen LogP contribution in [-0.2, 0) is 19.1 Å². The summed E-state index contributed by atoms with van der Waals surface area (Å²) in [6, 6.07) is -0.945. The van der Waals surface area contributed by atoms with Crippen LogP contribution in [-0.4, -0.2) is 30.2 Å². The third-order valence-electron chi connectivity index (χ3n) is 1.40. The number of esters is 2. The number of hydrogen-bond donors (Lipinski definition) is 1. The number of rotatable bonds is 4. The maximum atomic E-state index is 11.3. The lowest BCUT2D eigenvalue weighted by atomic mass is 10.2. The molecule has 0 spiro atoms. The second-order valence-corrected chi connectivity index (χ2v) is 4.15. The van der Waals surface area contributed by atoms with Gasteiger partial charge in [0.15, 0.2) is 0 Å². The number of hydrogen-bond acceptors (Lipinski definition) is 5. The van der Waals surface area contributed by atoms with Gasteiger partial charge >= 0.3 is 11.9 Å². The minimum atomic E-state index is -0.945. The first kappa shape index (κ1) is 13.9. The molecule has 0 radical (unpaired) electrons. The third kappa shape index (κ3) is 6.90. The highest BCUT2D eigenvalue weighted by Gasteiger charge is 2.23. The van der Waals surface area contributed by atoms with Gasteiger partial charge in [-0.25, -0.2) is 0 Å². The molecule has 0 bridgehead atoms. The smallest absolute Gasteiger partial charge is 0.323 e. The number of carbonyl (C=O) groups excluding carboxylic acids is 2. The van der Waals surface area contributed by atoms with Crippen molar-refractivity contribution in [3.63, 3.8) is 0 Å². The second-order valence-electron chi connectivity index (χ2n) is 4.15. The molecule has 5 nitrogen and oxygen atoms in total. The Labute approximate surface area is 89.9 Å². The van der Waals surface area contributed by atoms with Crippen molar-refractivity contribution in [2.75, 3.05) is 6.61 Å². The fourth-order valence-corrected chi connectivity index (χ4v) is 0.895. The average molecular weight is 217 g/mol. The molecule has 1 unspecified atom stereocenters. The van der Waals surface area contributed by atoms with Gasteiger partial charge in [-0.3, -0.25) is 9.59 Å². The molecule has 0 saturated carbocycles. The number of nitrogens with two attached hydrogens (primary N) is 1. The Morgan fingerprint density at radius 2 is 1.87 bits per heavy atom. The quantitative estimate of drug-likeness (QED) is 0.698. The zero-order valence-electron chi connectivity index (χ0n) is 9.70. The van der Waals surface area contributed by atoms with E-state index in [2.05, 4.69) is 4.74 Å². The highest BCUT2D eigenvalue weighted by molar-refractivity contribution is 5.82. The topological polar surface area (TPSA) is 78.6 Å². The van der Waals surface area contributed by atoms with E-state index in [1.807, 2.05) is 0 Å². The second kappa shape index (κ2) is 5.70. The molecule has 2 N–H and O–H groups in total. The first-order chi connectivity index (χ1) is 6.76. The lowest BCUT2D eigenvalue weighted by Gasteiger charge is -2.20. The fourth-order valence-electron chi connectivity index (χ4n) is 0.895. The Morgan fingerprint density at radius 1 is 1.33 bits per heavy atom. The maximum absolute atomic E-state index is 11.3. The molecule has 0 amide bonds. The lowest BCUT2D eigenvalue weighted by Crippen LogP contribution is -2.36. The Bertz CT molecular complexity index is 232. The molecule has 0 aromatic carbocycles. The molecule has 88 valence electrons. The molecule has 0 fully saturated rings. The van der Waals surface area contributed by atoms with E-state index in [9.17, 15) is 9.59 Å². The molecule has 0 aromatic heterocycles. The van der Waals surface area contributed by atoms with E-state index in [0.717, 1.165) is 0 Å². The molecule has 0 rings (SSSR count). The Morgan fingerprint density at radius 3 is 2.27 bits per heavy atom. The van der Waals surface area contributed by atoms with E-state index in [-0.39, 0.29) is 13.0 Å². The summed E-state index contributed by atoms with van der Waals surface area (Å²) < 4.78 is 9.67. The van der Waals surface area contributed by atoms with Gasteiger partial charge in [0, 0.05) is 0 Å². The predicted molar refractivity (Wildman–Crippen MR) is 55.1 cm³/mol. The Kier molecular flexibility index (Phi) is 5.28. The van der Waals surface area contributed by atoms with Gasteiger partial charge in [0.2, 0.25) is 0 Å². The van der Waals surface area contributed by atoms with E-state index >= 15 is 0 Å². The highest BCUT2D eigenvalue weighted by atomic mass is 16.6. The van der Waals surface area contributed by atoms with Gasteiger partial charge in [0.05, 0.1) is 13.0 Å². The predicted octanol–water partition coefficient (Wildman–Crippen LogP) is 0.609. The molecule has 0 aliphatic rings. The first-order valence-corrected chi connectivity index (χ1v) is 4.90. The molecular weight excluding hydrogens is 198 g/mol. The van der Waals surface area contributed by atoms with Crippen LogP contribution >= 0.6 is 0 Å². The normalized spacial score (nSPS) is 13.1. The molecule has 15 heavy (non-hydrogen) atoms. The average Bonchev–Trinajstić information content (AvgIpc) is 2.00. The van der Waals surface area contributed by atoms with Crippen LogP contribution in [0.4, 0.5) is 0 Å². The van der Waals surface area contributed by atoms with Gasteiger partial charge in [-0.1, -0.05) is 0 Å². The van der Waals surface area contributed by atoms with Crippen molar-refractivity contribution < 1.29 is 19.1 Å². The fraction of sp³-hybridized carbons (Fsp3) is 0.800. The standard InChI is InChI=1S/C10H19NO4/c1-5-14-9(13)7(11)6-8(12)15-10(2,3)4/h7H,5-6,11H2,1-4H3. The summed E-state index contributed by atoms with van der Waals surface area (Å²) >= 11 is 0. The lowest BCUT2D eigenvalue weighted by molar-refractivity contribution is -0.159. The SMILES string of the molecule is CCOC(=O)C(N)CC(=O)OC(C)(C)C. The summed E-state index contributed by atoms with van der Waals surface area (Å²) in [4.78, 5) is 22.4. The Hall–Kier alpha value is -1.10. The van der Waals surface area contributed by atoms with Crippen molar-refractivity contribution in [2.24, 2.45) is 5.73 Å². The van der Waals surface area contributed by atoms with Gasteiger partial charge in [0.25, 0.3) is 0 Å². The van der Waals surface area contributed by atoms with E-state index in [0.29, 0.717) is 0 Å². The van der Waals surface area contributed by atoms with Crippen molar-refractivity contribution in [3.05, 3.63) is 0 Å². The van der Waals surface area contributed by atoms with Gasteiger partial charge in [-0.15, -0.1) is 0 Å². The van der Waals surface area contributed by atoms with Crippen molar-refractivity contribution in [2.45, 2.75) is 45.8 Å². The van der Waals surface area contributed by atoms with Gasteiger partial charge in [0.1, 0.15) is 11.6 Å². The summed E-state index contributed by atoms with van der Waals surface area (Å²) in [5.74, 6) is -1.08. The summed E-state index contributed by atoms with van der Waals surface area (Å²) in [5, 5.41) is 0. The molecule has 0 heterocycles. The largest absolute Gasteiger partial charge is 0.465 e. The zero-order chi connectivity index (χ0) is 12.1. The van der Waals surface area contributed by atoms with Crippen LogP contribution in [0.1, 0.15) is 34.1 Å². The minimum Gasteiger partial charge on any atom is -0.465 e. The number of ether oxygens (including phenoxy) is 2. The molecule has 5 heteroatoms. The van der Waals surface area contributed by atoms with Crippen LogP contribution in [0.25, 0.3) is 0 Å². The molecule has 0 aliphatic carbocycles. The van der Waals surface area contributed by atoms with Crippen molar-refractivity contribution >= 4 is 11.9 Å². The third-order valence-corrected chi connectivity index (χ3v) is 1.40. The van der Waals surface area contributed by atoms with Crippen LogP contribution in [0.3, 0.4) is 0 Å². The van der Waals surface area contributed by atoms with Crippen LogP contribution in [0.15, 0.2) is 0 Å². The Balaban J connectivity index is 4.02. The first-order valence-electron chi connectivity index (χ1n) is 4.90. The molecule has 0 saturated heterocycles. The van der Waals surface area contributed by atoms with Crippen molar-refractivity contribution in [1.82, 2.24) is 0 Å². The van der Waals surface area contributed by atoms with Gasteiger partial charge in [-0.05, 0) is 27.7 Å². The van der Waals surface area contributed by atoms with Crippen molar-refractivity contribution in [1.29, 1.82) is 0 Å². The molecule has 0 aromatic rings. The van der Waals surface area contributed by atoms with Gasteiger partial charge < -0.3 is 15.2 Å². The van der Waals surface area contributed by atoms with E-state index in [1.165, 1.54) is 0 Å². The summed E-state index contributed by atoms with van der Waals surface area (Å²) in [7, 11) is 0. The zero-order valence-corrected chi connectivity index (χ0v) is 9.70. The van der Waals surface area contributed by atoms with Crippen LogP contribution in [0, 0.1) is 0 Å². The summed E-state index contributed by atoms with van der Waals surface area (Å²) in [6.07, 6.45) is -0.157. The van der Waals surface area contributed by atoms with Crippen LogP contribution < -0.4 is 5.73 Å². The summed E-state index contributed by atoms with van der Waals surface area (Å²) in [6.45, 7) is 7.18. The molecular formula is C10H19NO4. The molecule has 0 aliphatic heterocycles. The van der Waals surface area contributed by atoms with E-state index in [4.69, 9.17) is 10.5 Å². The van der Waals surface area contributed by atoms with Gasteiger partial charge in [-0.2, -0.15) is 0 Å². The summed E-state index contributed by atoms with van der Waals surface area (Å²) in [5.41, 5.74) is 4.88.